The van der Waals surface area contributed by atoms with Crippen molar-refractivity contribution in [3.05, 3.63) is 110 Å². The van der Waals surface area contributed by atoms with Gasteiger partial charge < -0.3 is 10.0 Å². The molecule has 2 aromatic carbocycles. The number of likely N-dealkylation sites (tertiary alicyclic amines) is 1. The monoisotopic (exact) mass is 539 g/mol. The SMILES string of the molecule is [C-]#[N+]c1ccc(C(C)(C)C(=O)O)cc1CCCN1CCC(=C2c3ccc(Cl)cc3CCc3cccnc32)CC1. The van der Waals surface area contributed by atoms with Gasteiger partial charge in [-0.1, -0.05) is 47.5 Å². The Bertz CT molecular complexity index is 1470. The summed E-state index contributed by atoms with van der Waals surface area (Å²) in [6.07, 6.45) is 7.53. The molecular formula is C33H34ClN3O2. The van der Waals surface area contributed by atoms with E-state index < -0.39 is 11.4 Å². The highest BCUT2D eigenvalue weighted by Crippen LogP contribution is 2.38. The quantitative estimate of drug-likeness (QED) is 0.334. The Kier molecular flexibility index (Phi) is 7.88. The molecule has 3 aromatic rings. The van der Waals surface area contributed by atoms with Gasteiger partial charge in [0.25, 0.3) is 0 Å². The largest absolute Gasteiger partial charge is 0.481 e. The molecule has 0 amide bonds. The third kappa shape index (κ3) is 5.64. The number of hydrogen-bond donors (Lipinski definition) is 1. The van der Waals surface area contributed by atoms with E-state index in [-0.39, 0.29) is 0 Å². The molecule has 1 fully saturated rings. The first-order chi connectivity index (χ1) is 18.8. The Morgan fingerprint density at radius 1 is 1.08 bits per heavy atom. The van der Waals surface area contributed by atoms with Crippen LogP contribution in [0.5, 0.6) is 0 Å². The Hall–Kier alpha value is -3.46. The first kappa shape index (κ1) is 27.1. The fraction of sp³-hybridized carbons (Fsp3) is 0.364. The molecule has 0 spiro atoms. The zero-order chi connectivity index (χ0) is 27.6. The number of carbonyl (C=O) groups is 1. The molecule has 1 N–H and O–H groups in total. The predicted octanol–water partition coefficient (Wildman–Crippen LogP) is 7.28. The van der Waals surface area contributed by atoms with Gasteiger partial charge in [0.15, 0.2) is 5.69 Å². The highest BCUT2D eigenvalue weighted by molar-refractivity contribution is 6.30. The zero-order valence-electron chi connectivity index (χ0n) is 22.6. The number of aliphatic carboxylic acids is 1. The number of aryl methyl sites for hydroxylation is 3. The number of fused-ring (bicyclic) bond motifs is 2. The molecular weight excluding hydrogens is 506 g/mol. The number of nitrogens with zero attached hydrogens (tertiary/aromatic N) is 3. The van der Waals surface area contributed by atoms with Crippen molar-refractivity contribution in [1.82, 2.24) is 9.88 Å². The number of rotatable bonds is 6. The highest BCUT2D eigenvalue weighted by atomic mass is 35.5. The number of carboxylic acid groups (broad SMARTS) is 1. The van der Waals surface area contributed by atoms with E-state index in [1.54, 1.807) is 26.0 Å². The van der Waals surface area contributed by atoms with Crippen LogP contribution in [0.4, 0.5) is 5.69 Å². The number of pyridine rings is 1. The second kappa shape index (κ2) is 11.3. The number of hydrogen-bond acceptors (Lipinski definition) is 3. The Balaban J connectivity index is 1.30. The minimum Gasteiger partial charge on any atom is -0.481 e. The summed E-state index contributed by atoms with van der Waals surface area (Å²) in [5, 5.41) is 10.4. The van der Waals surface area contributed by atoms with Crippen LogP contribution in [0.3, 0.4) is 0 Å². The van der Waals surface area contributed by atoms with E-state index in [1.807, 2.05) is 24.4 Å². The Labute approximate surface area is 236 Å². The smallest absolute Gasteiger partial charge is 0.313 e. The van der Waals surface area contributed by atoms with Crippen molar-refractivity contribution in [2.45, 2.75) is 57.8 Å². The molecule has 1 aliphatic carbocycles. The average Bonchev–Trinajstić information content (AvgIpc) is 3.10. The lowest BCUT2D eigenvalue weighted by Gasteiger charge is -2.30. The van der Waals surface area contributed by atoms with Crippen LogP contribution in [0.15, 0.2) is 60.3 Å². The van der Waals surface area contributed by atoms with Crippen molar-refractivity contribution >= 4 is 28.8 Å². The molecule has 0 unspecified atom stereocenters. The molecule has 0 bridgehead atoms. The Morgan fingerprint density at radius 3 is 2.59 bits per heavy atom. The van der Waals surface area contributed by atoms with Gasteiger partial charge in [-0.2, -0.15) is 0 Å². The van der Waals surface area contributed by atoms with Crippen molar-refractivity contribution in [3.63, 3.8) is 0 Å². The van der Waals surface area contributed by atoms with E-state index in [0.717, 1.165) is 80.0 Å². The van der Waals surface area contributed by atoms with Crippen molar-refractivity contribution in [3.8, 4) is 0 Å². The normalized spacial score (nSPS) is 15.7. The lowest BCUT2D eigenvalue weighted by atomic mass is 9.83. The first-order valence-corrected chi connectivity index (χ1v) is 14.1. The summed E-state index contributed by atoms with van der Waals surface area (Å²) in [6, 6.07) is 16.0. The lowest BCUT2D eigenvalue weighted by molar-refractivity contribution is -0.142. The number of aromatic nitrogens is 1. The molecule has 5 nitrogen and oxygen atoms in total. The van der Waals surface area contributed by atoms with Gasteiger partial charge in [0.05, 0.1) is 17.7 Å². The maximum atomic E-state index is 11.7. The van der Waals surface area contributed by atoms with Gasteiger partial charge in [0.1, 0.15) is 0 Å². The third-order valence-electron chi connectivity index (χ3n) is 8.32. The van der Waals surface area contributed by atoms with Crippen LogP contribution < -0.4 is 0 Å². The predicted molar refractivity (Wildman–Crippen MR) is 156 cm³/mol. The van der Waals surface area contributed by atoms with Crippen molar-refractivity contribution in [1.29, 1.82) is 0 Å². The maximum Gasteiger partial charge on any atom is 0.313 e. The van der Waals surface area contributed by atoms with E-state index >= 15 is 0 Å². The average molecular weight is 540 g/mol. The molecule has 5 rings (SSSR count). The van der Waals surface area contributed by atoms with Crippen LogP contribution in [0.2, 0.25) is 5.02 Å². The van der Waals surface area contributed by atoms with Crippen LogP contribution in [-0.2, 0) is 29.5 Å². The van der Waals surface area contributed by atoms with Crippen molar-refractivity contribution in [2.24, 2.45) is 0 Å². The minimum atomic E-state index is -0.985. The summed E-state index contributed by atoms with van der Waals surface area (Å²) >= 11 is 6.37. The molecule has 1 aromatic heterocycles. The van der Waals surface area contributed by atoms with Crippen LogP contribution in [0.25, 0.3) is 10.4 Å². The summed E-state index contributed by atoms with van der Waals surface area (Å²) < 4.78 is 0. The fourth-order valence-electron chi connectivity index (χ4n) is 5.83. The number of piperidine rings is 1. The van der Waals surface area contributed by atoms with Crippen LogP contribution in [0.1, 0.15) is 66.6 Å². The molecule has 6 heteroatoms. The van der Waals surface area contributed by atoms with Gasteiger partial charge in [-0.3, -0.25) is 9.78 Å². The first-order valence-electron chi connectivity index (χ1n) is 13.7. The molecule has 1 saturated heterocycles. The summed E-state index contributed by atoms with van der Waals surface area (Å²) in [6.45, 7) is 13.9. The number of carboxylic acids is 1. The standard InChI is InChI=1S/C33H34ClN3O2/c1-33(2,32(38)39)26-10-13-29(35-3)25(20-26)7-5-17-37-18-14-22(15-19-37)30-28-12-11-27(34)21-24(28)9-8-23-6-4-16-36-31(23)30/h4,6,10-13,16,20-21H,5,7-9,14-15,17-19H2,1-2H3,(H,38,39). The molecule has 39 heavy (non-hydrogen) atoms. The highest BCUT2D eigenvalue weighted by Gasteiger charge is 2.30. The number of benzene rings is 2. The summed E-state index contributed by atoms with van der Waals surface area (Å²) in [4.78, 5) is 22.8. The fourth-order valence-corrected chi connectivity index (χ4v) is 6.02. The van der Waals surface area contributed by atoms with E-state index in [0.29, 0.717) is 5.69 Å². The lowest BCUT2D eigenvalue weighted by Crippen LogP contribution is -2.32. The summed E-state index contributed by atoms with van der Waals surface area (Å²) in [7, 11) is 0. The number of halogens is 1. The van der Waals surface area contributed by atoms with E-state index in [2.05, 4.69) is 27.9 Å². The van der Waals surface area contributed by atoms with E-state index in [4.69, 9.17) is 23.2 Å². The molecule has 2 aliphatic rings. The van der Waals surface area contributed by atoms with Gasteiger partial charge in [-0.25, -0.2) is 4.85 Å². The summed E-state index contributed by atoms with van der Waals surface area (Å²) in [5.41, 5.74) is 9.08. The van der Waals surface area contributed by atoms with Crippen LogP contribution >= 0.6 is 11.6 Å². The van der Waals surface area contributed by atoms with Gasteiger partial charge in [-0.15, -0.1) is 0 Å². The van der Waals surface area contributed by atoms with Crippen molar-refractivity contribution < 1.29 is 9.90 Å². The molecule has 0 atom stereocenters. The van der Waals surface area contributed by atoms with Crippen molar-refractivity contribution in [2.75, 3.05) is 19.6 Å². The Morgan fingerprint density at radius 2 is 1.85 bits per heavy atom. The minimum absolute atomic E-state index is 0.615. The van der Waals surface area contributed by atoms with E-state index in [9.17, 15) is 9.90 Å². The van der Waals surface area contributed by atoms with E-state index in [1.165, 1.54) is 27.8 Å². The molecule has 1 aliphatic heterocycles. The van der Waals surface area contributed by atoms with Gasteiger partial charge in [0, 0.05) is 29.9 Å². The van der Waals surface area contributed by atoms with Crippen LogP contribution in [-0.4, -0.2) is 40.6 Å². The molecule has 0 saturated carbocycles. The molecule has 2 heterocycles. The van der Waals surface area contributed by atoms with Gasteiger partial charge >= 0.3 is 5.97 Å². The van der Waals surface area contributed by atoms with Crippen LogP contribution in [0, 0.1) is 6.57 Å². The topological polar surface area (TPSA) is 57.8 Å². The maximum absolute atomic E-state index is 11.7. The van der Waals surface area contributed by atoms with Gasteiger partial charge in [-0.05, 0) is 105 Å². The zero-order valence-corrected chi connectivity index (χ0v) is 23.4. The molecule has 200 valence electrons. The molecule has 0 radical (unpaired) electrons. The second-order valence-corrected chi connectivity index (χ2v) is 11.6. The van der Waals surface area contributed by atoms with Gasteiger partial charge in [0.2, 0.25) is 0 Å². The second-order valence-electron chi connectivity index (χ2n) is 11.1. The third-order valence-corrected chi connectivity index (χ3v) is 8.55. The summed E-state index contributed by atoms with van der Waals surface area (Å²) in [5.74, 6) is -0.862.